The number of aryl methyl sites for hydroxylation is 2. The summed E-state index contributed by atoms with van der Waals surface area (Å²) in [5.41, 5.74) is 7.95. The SMILES string of the molecule is CCc1ccc(S(=O)(=O)Nc2ccc(Br)c(C)n2)cc1N. The molecule has 7 heteroatoms. The van der Waals surface area contributed by atoms with E-state index in [1.165, 1.54) is 6.07 Å². The van der Waals surface area contributed by atoms with Crippen LogP contribution >= 0.6 is 15.9 Å². The second-order valence-electron chi connectivity index (χ2n) is 4.58. The number of pyridine rings is 1. The number of benzene rings is 1. The Morgan fingerprint density at radius 1 is 1.29 bits per heavy atom. The molecule has 0 saturated heterocycles. The van der Waals surface area contributed by atoms with Gasteiger partial charge in [0.25, 0.3) is 10.0 Å². The Morgan fingerprint density at radius 2 is 2.00 bits per heavy atom. The molecule has 0 aliphatic rings. The molecule has 2 aromatic rings. The zero-order valence-corrected chi connectivity index (χ0v) is 14.1. The molecule has 0 amide bonds. The first-order valence-electron chi connectivity index (χ1n) is 6.38. The third-order valence-electron chi connectivity index (χ3n) is 3.07. The fourth-order valence-corrected chi connectivity index (χ4v) is 3.12. The van der Waals surface area contributed by atoms with E-state index in [4.69, 9.17) is 5.73 Å². The molecule has 1 heterocycles. The Hall–Kier alpha value is -1.60. The quantitative estimate of drug-likeness (QED) is 0.810. The molecule has 2 rings (SSSR count). The highest BCUT2D eigenvalue weighted by Gasteiger charge is 2.16. The first-order chi connectivity index (χ1) is 9.83. The van der Waals surface area contributed by atoms with E-state index in [2.05, 4.69) is 25.6 Å². The van der Waals surface area contributed by atoms with Gasteiger partial charge in [0.1, 0.15) is 5.82 Å². The lowest BCUT2D eigenvalue weighted by molar-refractivity contribution is 0.601. The van der Waals surface area contributed by atoms with Gasteiger partial charge in [0, 0.05) is 10.2 Å². The van der Waals surface area contributed by atoms with Gasteiger partial charge in [0.2, 0.25) is 0 Å². The maximum atomic E-state index is 12.3. The molecule has 1 aromatic carbocycles. The van der Waals surface area contributed by atoms with Gasteiger partial charge in [0.05, 0.1) is 10.6 Å². The van der Waals surface area contributed by atoms with Crippen molar-refractivity contribution in [1.29, 1.82) is 0 Å². The Bertz CT molecular complexity index is 776. The first kappa shape index (κ1) is 15.8. The molecule has 0 spiro atoms. The zero-order chi connectivity index (χ0) is 15.6. The lowest BCUT2D eigenvalue weighted by Gasteiger charge is -2.10. The highest BCUT2D eigenvalue weighted by atomic mass is 79.9. The summed E-state index contributed by atoms with van der Waals surface area (Å²) >= 11 is 3.32. The Kier molecular flexibility index (Phi) is 4.53. The van der Waals surface area contributed by atoms with Crippen molar-refractivity contribution in [3.8, 4) is 0 Å². The highest BCUT2D eigenvalue weighted by molar-refractivity contribution is 9.10. The van der Waals surface area contributed by atoms with Crippen molar-refractivity contribution in [2.75, 3.05) is 10.5 Å². The number of anilines is 2. The van der Waals surface area contributed by atoms with Crippen LogP contribution < -0.4 is 10.5 Å². The number of nitrogens with one attached hydrogen (secondary N) is 1. The summed E-state index contributed by atoms with van der Waals surface area (Å²) in [4.78, 5) is 4.30. The number of sulfonamides is 1. The molecule has 0 bridgehead atoms. The van der Waals surface area contributed by atoms with E-state index in [-0.39, 0.29) is 10.7 Å². The summed E-state index contributed by atoms with van der Waals surface area (Å²) in [6.07, 6.45) is 0.757. The summed E-state index contributed by atoms with van der Waals surface area (Å²) in [6.45, 7) is 3.75. The van der Waals surface area contributed by atoms with Gasteiger partial charge in [-0.25, -0.2) is 13.4 Å². The van der Waals surface area contributed by atoms with Crippen molar-refractivity contribution in [3.05, 3.63) is 46.1 Å². The number of nitrogen functional groups attached to an aromatic ring is 1. The number of rotatable bonds is 4. The second kappa shape index (κ2) is 6.03. The molecule has 21 heavy (non-hydrogen) atoms. The molecule has 5 nitrogen and oxygen atoms in total. The number of hydrogen-bond acceptors (Lipinski definition) is 4. The van der Waals surface area contributed by atoms with E-state index in [0.29, 0.717) is 11.4 Å². The standard InChI is InChI=1S/C14H16BrN3O2S/c1-3-10-4-5-11(8-13(10)16)21(19,20)18-14-7-6-12(15)9(2)17-14/h4-8H,3,16H2,1-2H3,(H,17,18). The minimum absolute atomic E-state index is 0.125. The molecular weight excluding hydrogens is 354 g/mol. The van der Waals surface area contributed by atoms with E-state index >= 15 is 0 Å². The van der Waals surface area contributed by atoms with Crippen LogP contribution in [0.1, 0.15) is 18.2 Å². The van der Waals surface area contributed by atoms with E-state index in [1.54, 1.807) is 31.2 Å². The molecule has 3 N–H and O–H groups in total. The maximum Gasteiger partial charge on any atom is 0.263 e. The van der Waals surface area contributed by atoms with Gasteiger partial charge in [-0.2, -0.15) is 0 Å². The molecule has 0 aliphatic heterocycles. The summed E-state index contributed by atoms with van der Waals surface area (Å²) in [6, 6.07) is 8.08. The van der Waals surface area contributed by atoms with E-state index in [9.17, 15) is 8.42 Å². The molecule has 0 radical (unpaired) electrons. The van der Waals surface area contributed by atoms with Crippen LogP contribution in [-0.4, -0.2) is 13.4 Å². The van der Waals surface area contributed by atoms with Crippen molar-refractivity contribution >= 4 is 37.5 Å². The lowest BCUT2D eigenvalue weighted by Crippen LogP contribution is -2.14. The van der Waals surface area contributed by atoms with Crippen LogP contribution in [0.2, 0.25) is 0 Å². The fraction of sp³-hybridized carbons (Fsp3) is 0.214. The lowest BCUT2D eigenvalue weighted by atomic mass is 10.1. The van der Waals surface area contributed by atoms with Crippen molar-refractivity contribution in [2.24, 2.45) is 0 Å². The van der Waals surface area contributed by atoms with Crippen LogP contribution in [-0.2, 0) is 16.4 Å². The number of halogens is 1. The van der Waals surface area contributed by atoms with Crippen molar-refractivity contribution in [2.45, 2.75) is 25.2 Å². The smallest absolute Gasteiger partial charge is 0.263 e. The van der Waals surface area contributed by atoms with Crippen LogP contribution in [0.4, 0.5) is 11.5 Å². The van der Waals surface area contributed by atoms with Gasteiger partial charge in [-0.15, -0.1) is 0 Å². The van der Waals surface area contributed by atoms with Crippen LogP contribution in [0.15, 0.2) is 39.7 Å². The van der Waals surface area contributed by atoms with E-state index in [1.807, 2.05) is 6.92 Å². The van der Waals surface area contributed by atoms with Crippen LogP contribution in [0, 0.1) is 6.92 Å². The number of hydrogen-bond donors (Lipinski definition) is 2. The van der Waals surface area contributed by atoms with Crippen LogP contribution in [0.3, 0.4) is 0 Å². The summed E-state index contributed by atoms with van der Waals surface area (Å²) in [5, 5.41) is 0. The average molecular weight is 370 g/mol. The number of nitrogens with two attached hydrogens (primary N) is 1. The molecule has 0 saturated carbocycles. The molecule has 112 valence electrons. The predicted octanol–water partition coefficient (Wildman–Crippen LogP) is 3.10. The number of aromatic nitrogens is 1. The average Bonchev–Trinajstić information content (AvgIpc) is 2.42. The highest BCUT2D eigenvalue weighted by Crippen LogP contribution is 2.22. The van der Waals surface area contributed by atoms with Crippen molar-refractivity contribution in [1.82, 2.24) is 4.98 Å². The van der Waals surface area contributed by atoms with Gasteiger partial charge in [0.15, 0.2) is 0 Å². The minimum Gasteiger partial charge on any atom is -0.398 e. The third-order valence-corrected chi connectivity index (χ3v) is 5.26. The topological polar surface area (TPSA) is 85.1 Å². The molecule has 0 unspecified atom stereocenters. The molecular formula is C14H16BrN3O2S. The van der Waals surface area contributed by atoms with Crippen molar-refractivity contribution in [3.63, 3.8) is 0 Å². The monoisotopic (exact) mass is 369 g/mol. The summed E-state index contributed by atoms with van der Waals surface area (Å²) in [7, 11) is -3.70. The Morgan fingerprint density at radius 3 is 2.57 bits per heavy atom. The van der Waals surface area contributed by atoms with Crippen molar-refractivity contribution < 1.29 is 8.42 Å². The minimum atomic E-state index is -3.70. The molecule has 0 fully saturated rings. The molecule has 1 aromatic heterocycles. The molecule has 0 atom stereocenters. The largest absolute Gasteiger partial charge is 0.398 e. The van der Waals surface area contributed by atoms with Crippen LogP contribution in [0.5, 0.6) is 0 Å². The van der Waals surface area contributed by atoms with Gasteiger partial charge in [-0.05, 0) is 59.1 Å². The zero-order valence-electron chi connectivity index (χ0n) is 11.7. The van der Waals surface area contributed by atoms with Gasteiger partial charge in [-0.3, -0.25) is 4.72 Å². The Balaban J connectivity index is 2.33. The van der Waals surface area contributed by atoms with E-state index < -0.39 is 10.0 Å². The third kappa shape index (κ3) is 3.54. The second-order valence-corrected chi connectivity index (χ2v) is 7.12. The van der Waals surface area contributed by atoms with Gasteiger partial charge >= 0.3 is 0 Å². The fourth-order valence-electron chi connectivity index (χ4n) is 1.86. The number of nitrogens with zero attached hydrogens (tertiary/aromatic N) is 1. The normalized spacial score (nSPS) is 11.4. The van der Waals surface area contributed by atoms with E-state index in [0.717, 1.165) is 16.5 Å². The predicted molar refractivity (Wildman–Crippen MR) is 87.7 cm³/mol. The Labute approximate surface area is 132 Å². The molecule has 0 aliphatic carbocycles. The van der Waals surface area contributed by atoms with Gasteiger partial charge < -0.3 is 5.73 Å². The van der Waals surface area contributed by atoms with Crippen LogP contribution in [0.25, 0.3) is 0 Å². The first-order valence-corrected chi connectivity index (χ1v) is 8.65. The summed E-state index contributed by atoms with van der Waals surface area (Å²) in [5.74, 6) is 0.272. The summed E-state index contributed by atoms with van der Waals surface area (Å²) < 4.78 is 27.9. The van der Waals surface area contributed by atoms with Gasteiger partial charge in [-0.1, -0.05) is 13.0 Å². The maximum absolute atomic E-state index is 12.3.